The van der Waals surface area contributed by atoms with E-state index in [-0.39, 0.29) is 34.8 Å². The van der Waals surface area contributed by atoms with E-state index in [1.807, 2.05) is 36.4 Å². The molecule has 5 nitrogen and oxygen atoms in total. The molecule has 1 amide bonds. The second kappa shape index (κ2) is 8.20. The molecule has 0 aliphatic heterocycles. The molecule has 144 valence electrons. The number of ether oxygens (including phenoxy) is 1. The van der Waals surface area contributed by atoms with Crippen LogP contribution < -0.4 is 15.5 Å². The molecule has 1 heterocycles. The number of amides is 1. The minimum atomic E-state index is -0.389. The van der Waals surface area contributed by atoms with Gasteiger partial charge in [-0.25, -0.2) is 0 Å². The van der Waals surface area contributed by atoms with Crippen molar-refractivity contribution in [3.8, 4) is 17.1 Å². The summed E-state index contributed by atoms with van der Waals surface area (Å²) in [5, 5.41) is 3.41. The molecule has 0 atom stereocenters. The number of carbonyl (C=O) groups is 1. The van der Waals surface area contributed by atoms with Crippen molar-refractivity contribution in [1.29, 1.82) is 0 Å². The van der Waals surface area contributed by atoms with E-state index in [2.05, 4.69) is 5.32 Å². The Bertz CT molecular complexity index is 1220. The Kier molecular flexibility index (Phi) is 5.31. The molecule has 3 aromatic carbocycles. The minimum absolute atomic E-state index is 0.0332. The zero-order valence-corrected chi connectivity index (χ0v) is 16.0. The van der Waals surface area contributed by atoms with Crippen LogP contribution in [0.2, 0.25) is 5.02 Å². The van der Waals surface area contributed by atoms with E-state index < -0.39 is 0 Å². The van der Waals surface area contributed by atoms with Crippen molar-refractivity contribution < 1.29 is 13.9 Å². The van der Waals surface area contributed by atoms with Crippen LogP contribution in [0.15, 0.2) is 88.1 Å². The third kappa shape index (κ3) is 4.15. The SMILES string of the molecule is O=C(COc1c(-c2ccccc2)oc2ccc(Cl)cc2c1=O)Nc1ccccc1. The lowest BCUT2D eigenvalue weighted by molar-refractivity contribution is -0.118. The number of anilines is 1. The van der Waals surface area contributed by atoms with Gasteiger partial charge in [-0.05, 0) is 30.3 Å². The molecule has 0 saturated carbocycles. The molecule has 0 unspecified atom stereocenters. The molecule has 29 heavy (non-hydrogen) atoms. The van der Waals surface area contributed by atoms with E-state index in [1.54, 1.807) is 36.4 Å². The molecule has 0 fully saturated rings. The number of benzene rings is 3. The van der Waals surface area contributed by atoms with Crippen molar-refractivity contribution in [2.75, 3.05) is 11.9 Å². The van der Waals surface area contributed by atoms with E-state index >= 15 is 0 Å². The third-order valence-corrected chi connectivity index (χ3v) is 4.49. The van der Waals surface area contributed by atoms with E-state index in [4.69, 9.17) is 20.8 Å². The lowest BCUT2D eigenvalue weighted by atomic mass is 10.1. The van der Waals surface area contributed by atoms with Crippen molar-refractivity contribution >= 4 is 34.2 Å². The number of fused-ring (bicyclic) bond motifs is 1. The topological polar surface area (TPSA) is 68.5 Å². The number of nitrogens with one attached hydrogen (secondary N) is 1. The number of rotatable bonds is 5. The lowest BCUT2D eigenvalue weighted by Gasteiger charge is -2.12. The summed E-state index contributed by atoms with van der Waals surface area (Å²) in [5.41, 5.74) is 1.31. The van der Waals surface area contributed by atoms with E-state index in [9.17, 15) is 9.59 Å². The van der Waals surface area contributed by atoms with Crippen LogP contribution in [0.5, 0.6) is 5.75 Å². The summed E-state index contributed by atoms with van der Waals surface area (Å²) in [6.07, 6.45) is 0. The van der Waals surface area contributed by atoms with Gasteiger partial charge in [-0.1, -0.05) is 60.1 Å². The predicted octanol–water partition coefficient (Wildman–Crippen LogP) is 5.13. The maximum absolute atomic E-state index is 13.1. The lowest BCUT2D eigenvalue weighted by Crippen LogP contribution is -2.22. The highest BCUT2D eigenvalue weighted by atomic mass is 35.5. The first-order valence-corrected chi connectivity index (χ1v) is 9.29. The Hall–Kier alpha value is -3.57. The Labute approximate surface area is 171 Å². The van der Waals surface area contributed by atoms with Crippen LogP contribution in [0.25, 0.3) is 22.3 Å². The quantitative estimate of drug-likeness (QED) is 0.499. The van der Waals surface area contributed by atoms with Crippen LogP contribution in [0.3, 0.4) is 0 Å². The summed E-state index contributed by atoms with van der Waals surface area (Å²) >= 11 is 6.03. The van der Waals surface area contributed by atoms with Crippen molar-refractivity contribution in [3.05, 3.63) is 94.1 Å². The fourth-order valence-corrected chi connectivity index (χ4v) is 3.09. The van der Waals surface area contributed by atoms with Gasteiger partial charge in [0.2, 0.25) is 11.2 Å². The van der Waals surface area contributed by atoms with Gasteiger partial charge in [0.1, 0.15) is 5.58 Å². The monoisotopic (exact) mass is 405 g/mol. The van der Waals surface area contributed by atoms with Crippen molar-refractivity contribution in [2.24, 2.45) is 0 Å². The standard InChI is InChI=1S/C23H16ClNO4/c24-16-11-12-19-18(13-16)21(27)23(22(29-19)15-7-3-1-4-8-15)28-14-20(26)25-17-9-5-2-6-10-17/h1-13H,14H2,(H,25,26). The van der Waals surface area contributed by atoms with Crippen LogP contribution in [-0.2, 0) is 4.79 Å². The average Bonchev–Trinajstić information content (AvgIpc) is 2.74. The summed E-state index contributed by atoms with van der Waals surface area (Å²) in [6.45, 7) is -0.342. The predicted molar refractivity (Wildman–Crippen MR) is 113 cm³/mol. The normalized spacial score (nSPS) is 10.7. The molecule has 0 spiro atoms. The molecule has 6 heteroatoms. The number of halogens is 1. The molecule has 4 rings (SSSR count). The maximum atomic E-state index is 13.1. The highest BCUT2D eigenvalue weighted by Gasteiger charge is 2.19. The zero-order valence-electron chi connectivity index (χ0n) is 15.2. The van der Waals surface area contributed by atoms with Gasteiger partial charge in [0.15, 0.2) is 12.4 Å². The van der Waals surface area contributed by atoms with Crippen LogP contribution in [0.4, 0.5) is 5.69 Å². The fourth-order valence-electron chi connectivity index (χ4n) is 2.92. The minimum Gasteiger partial charge on any atom is -0.476 e. The van der Waals surface area contributed by atoms with E-state index in [0.717, 1.165) is 0 Å². The first-order chi connectivity index (χ1) is 14.1. The van der Waals surface area contributed by atoms with E-state index in [1.165, 1.54) is 6.07 Å². The van der Waals surface area contributed by atoms with Crippen LogP contribution in [0, 0.1) is 0 Å². The molecule has 0 bridgehead atoms. The Morgan fingerprint density at radius 2 is 1.66 bits per heavy atom. The third-order valence-electron chi connectivity index (χ3n) is 4.25. The number of hydrogen-bond acceptors (Lipinski definition) is 4. The Morgan fingerprint density at radius 3 is 2.38 bits per heavy atom. The molecule has 0 aliphatic carbocycles. The number of carbonyl (C=O) groups excluding carboxylic acids is 1. The summed E-state index contributed by atoms with van der Waals surface area (Å²) < 4.78 is 11.6. The van der Waals surface area contributed by atoms with Crippen LogP contribution >= 0.6 is 11.6 Å². The molecule has 0 saturated heterocycles. The molecule has 1 aromatic heterocycles. The molecular weight excluding hydrogens is 390 g/mol. The Balaban J connectivity index is 1.70. The highest BCUT2D eigenvalue weighted by molar-refractivity contribution is 6.31. The first-order valence-electron chi connectivity index (χ1n) is 8.91. The van der Waals surface area contributed by atoms with Crippen LogP contribution in [-0.4, -0.2) is 12.5 Å². The van der Waals surface area contributed by atoms with Crippen LogP contribution in [0.1, 0.15) is 0 Å². The molecule has 1 N–H and O–H groups in total. The Morgan fingerprint density at radius 1 is 0.966 bits per heavy atom. The van der Waals surface area contributed by atoms with Crippen molar-refractivity contribution in [3.63, 3.8) is 0 Å². The molecule has 0 aliphatic rings. The van der Waals surface area contributed by atoms with Crippen molar-refractivity contribution in [2.45, 2.75) is 0 Å². The molecular formula is C23H16ClNO4. The number of para-hydroxylation sites is 1. The summed E-state index contributed by atoms with van der Waals surface area (Å²) in [4.78, 5) is 25.3. The zero-order chi connectivity index (χ0) is 20.2. The van der Waals surface area contributed by atoms with Gasteiger partial charge in [-0.3, -0.25) is 9.59 Å². The molecule has 4 aromatic rings. The second-order valence-corrected chi connectivity index (χ2v) is 6.74. The van der Waals surface area contributed by atoms with Gasteiger partial charge < -0.3 is 14.5 Å². The first kappa shape index (κ1) is 18.8. The maximum Gasteiger partial charge on any atom is 0.262 e. The highest BCUT2D eigenvalue weighted by Crippen LogP contribution is 2.31. The van der Waals surface area contributed by atoms with Gasteiger partial charge in [0, 0.05) is 16.3 Å². The summed E-state index contributed by atoms with van der Waals surface area (Å²) in [7, 11) is 0. The van der Waals surface area contributed by atoms with Crippen molar-refractivity contribution in [1.82, 2.24) is 0 Å². The van der Waals surface area contributed by atoms with E-state index in [0.29, 0.717) is 21.9 Å². The smallest absolute Gasteiger partial charge is 0.262 e. The van der Waals surface area contributed by atoms with Gasteiger partial charge >= 0.3 is 0 Å². The van der Waals surface area contributed by atoms with Gasteiger partial charge in [0.25, 0.3) is 5.91 Å². The average molecular weight is 406 g/mol. The fraction of sp³-hybridized carbons (Fsp3) is 0.0435. The van der Waals surface area contributed by atoms with Gasteiger partial charge in [0.05, 0.1) is 5.39 Å². The molecule has 0 radical (unpaired) electrons. The number of hydrogen-bond donors (Lipinski definition) is 1. The summed E-state index contributed by atoms with van der Waals surface area (Å²) in [6, 6.07) is 22.9. The largest absolute Gasteiger partial charge is 0.476 e. The van der Waals surface area contributed by atoms with Gasteiger partial charge in [-0.15, -0.1) is 0 Å². The van der Waals surface area contributed by atoms with Gasteiger partial charge in [-0.2, -0.15) is 0 Å². The second-order valence-electron chi connectivity index (χ2n) is 6.30. The summed E-state index contributed by atoms with van der Waals surface area (Å²) in [5.74, 6) is -0.159.